The van der Waals surface area contributed by atoms with Crippen molar-refractivity contribution >= 4 is 11.4 Å². The van der Waals surface area contributed by atoms with Crippen LogP contribution in [0, 0.1) is 25.2 Å². The van der Waals surface area contributed by atoms with Crippen LogP contribution in [0.4, 0.5) is 0 Å². The lowest BCUT2D eigenvalue weighted by Gasteiger charge is -2.11. The first kappa shape index (κ1) is 16.7. The number of fused-ring (bicyclic) bond motifs is 1. The summed E-state index contributed by atoms with van der Waals surface area (Å²) < 4.78 is 1.96. The van der Waals surface area contributed by atoms with Gasteiger partial charge in [-0.1, -0.05) is 60.7 Å². The topological polar surface area (TPSA) is 58.2 Å². The van der Waals surface area contributed by atoms with E-state index in [9.17, 15) is 10.1 Å². The van der Waals surface area contributed by atoms with Gasteiger partial charge in [0.15, 0.2) is 5.65 Å². The van der Waals surface area contributed by atoms with Crippen molar-refractivity contribution in [2.24, 2.45) is 0 Å². The number of nitrogens with zero attached hydrogens (tertiary/aromatic N) is 3. The Balaban J connectivity index is 2.06. The molecule has 0 amide bonds. The van der Waals surface area contributed by atoms with E-state index < -0.39 is 0 Å². The van der Waals surface area contributed by atoms with Gasteiger partial charge in [-0.05, 0) is 31.0 Å². The third-order valence-corrected chi connectivity index (χ3v) is 4.88. The van der Waals surface area contributed by atoms with Crippen LogP contribution in [0.15, 0.2) is 66.7 Å². The van der Waals surface area contributed by atoms with Gasteiger partial charge in [0.05, 0.1) is 11.3 Å². The molecule has 4 nitrogen and oxygen atoms in total. The number of aromatic nitrogens is 2. The predicted molar refractivity (Wildman–Crippen MR) is 105 cm³/mol. The number of carbonyl (C=O) groups excluding carboxylic acids is 1. The van der Waals surface area contributed by atoms with Crippen LogP contribution in [0.25, 0.3) is 16.9 Å². The van der Waals surface area contributed by atoms with Crippen molar-refractivity contribution in [2.75, 3.05) is 0 Å². The van der Waals surface area contributed by atoms with Gasteiger partial charge in [-0.25, -0.2) is 4.98 Å². The molecule has 4 heteroatoms. The summed E-state index contributed by atoms with van der Waals surface area (Å²) in [5.74, 6) is -0.157. The zero-order chi connectivity index (χ0) is 19.0. The van der Waals surface area contributed by atoms with Crippen LogP contribution in [0.5, 0.6) is 0 Å². The molecule has 2 aromatic carbocycles. The third kappa shape index (κ3) is 2.70. The average Bonchev–Trinajstić information content (AvgIpc) is 2.98. The summed E-state index contributed by atoms with van der Waals surface area (Å²) in [5.41, 5.74) is 5.59. The van der Waals surface area contributed by atoms with E-state index in [-0.39, 0.29) is 5.78 Å². The molecule has 0 N–H and O–H groups in total. The van der Waals surface area contributed by atoms with Crippen LogP contribution >= 0.6 is 0 Å². The number of aryl methyl sites for hydroxylation is 1. The van der Waals surface area contributed by atoms with Crippen LogP contribution in [0.1, 0.15) is 32.9 Å². The molecule has 2 aromatic heterocycles. The van der Waals surface area contributed by atoms with Gasteiger partial charge >= 0.3 is 0 Å². The van der Waals surface area contributed by atoms with E-state index in [1.165, 1.54) is 0 Å². The van der Waals surface area contributed by atoms with Gasteiger partial charge in [-0.3, -0.25) is 9.20 Å². The normalized spacial score (nSPS) is 10.7. The molecule has 4 rings (SSSR count). The summed E-state index contributed by atoms with van der Waals surface area (Å²) in [4.78, 5) is 17.6. The molecule has 0 unspecified atom stereocenters. The Morgan fingerprint density at radius 3 is 2.26 bits per heavy atom. The van der Waals surface area contributed by atoms with E-state index in [0.717, 1.165) is 22.5 Å². The second-order valence-electron chi connectivity index (χ2n) is 6.44. The Morgan fingerprint density at radius 2 is 1.63 bits per heavy atom. The molecule has 4 aromatic rings. The molecule has 0 spiro atoms. The minimum Gasteiger partial charge on any atom is -0.297 e. The van der Waals surface area contributed by atoms with Crippen LogP contribution < -0.4 is 0 Å². The summed E-state index contributed by atoms with van der Waals surface area (Å²) in [7, 11) is 0. The Labute approximate surface area is 157 Å². The smallest absolute Gasteiger partial charge is 0.211 e. The van der Waals surface area contributed by atoms with Gasteiger partial charge in [0.25, 0.3) is 0 Å². The molecule has 2 heterocycles. The second-order valence-corrected chi connectivity index (χ2v) is 6.44. The lowest BCUT2D eigenvalue weighted by molar-refractivity contribution is 0.103. The Morgan fingerprint density at radius 1 is 1.00 bits per heavy atom. The summed E-state index contributed by atoms with van der Waals surface area (Å²) in [6, 6.07) is 23.0. The largest absolute Gasteiger partial charge is 0.297 e. The maximum Gasteiger partial charge on any atom is 0.211 e. The van der Waals surface area contributed by atoms with Gasteiger partial charge in [0.1, 0.15) is 11.8 Å². The highest BCUT2D eigenvalue weighted by Crippen LogP contribution is 2.29. The number of carbonyl (C=O) groups is 1. The van der Waals surface area contributed by atoms with Crippen molar-refractivity contribution in [1.82, 2.24) is 9.38 Å². The van der Waals surface area contributed by atoms with Crippen molar-refractivity contribution in [3.05, 3.63) is 94.8 Å². The minimum absolute atomic E-state index is 0.157. The summed E-state index contributed by atoms with van der Waals surface area (Å²) >= 11 is 0. The van der Waals surface area contributed by atoms with E-state index >= 15 is 0 Å². The molecule has 0 radical (unpaired) electrons. The quantitative estimate of drug-likeness (QED) is 0.502. The minimum atomic E-state index is -0.157. The molecule has 130 valence electrons. The van der Waals surface area contributed by atoms with E-state index in [4.69, 9.17) is 0 Å². The second kappa shape index (κ2) is 6.54. The number of benzene rings is 2. The van der Waals surface area contributed by atoms with Crippen LogP contribution in [-0.4, -0.2) is 15.2 Å². The summed E-state index contributed by atoms with van der Waals surface area (Å²) in [5, 5.41) is 9.65. The molecule has 27 heavy (non-hydrogen) atoms. The lowest BCUT2D eigenvalue weighted by atomic mass is 10.1. The van der Waals surface area contributed by atoms with Gasteiger partial charge in [-0.15, -0.1) is 0 Å². The number of hydrogen-bond donors (Lipinski definition) is 0. The van der Waals surface area contributed by atoms with Gasteiger partial charge < -0.3 is 0 Å². The zero-order valence-corrected chi connectivity index (χ0v) is 15.1. The number of hydrogen-bond acceptors (Lipinski definition) is 3. The highest BCUT2D eigenvalue weighted by atomic mass is 16.1. The summed E-state index contributed by atoms with van der Waals surface area (Å²) in [6.45, 7) is 3.88. The van der Waals surface area contributed by atoms with Crippen molar-refractivity contribution in [1.29, 1.82) is 5.26 Å². The Kier molecular flexibility index (Phi) is 4.06. The molecule has 0 aliphatic rings. The molecule has 0 atom stereocenters. The fraction of sp³-hybridized carbons (Fsp3) is 0.0870. The first-order valence-corrected chi connectivity index (χ1v) is 8.69. The van der Waals surface area contributed by atoms with Crippen LogP contribution in [0.2, 0.25) is 0 Å². The molecule has 0 saturated heterocycles. The Hall–Kier alpha value is -3.71. The fourth-order valence-electron chi connectivity index (χ4n) is 3.34. The number of nitriles is 1. The lowest BCUT2D eigenvalue weighted by Crippen LogP contribution is -2.08. The Bertz CT molecular complexity index is 1200. The van der Waals surface area contributed by atoms with Crippen molar-refractivity contribution in [3.63, 3.8) is 0 Å². The molecular formula is C23H17N3O. The molecular weight excluding hydrogens is 334 g/mol. The highest BCUT2D eigenvalue weighted by Gasteiger charge is 2.20. The maximum atomic E-state index is 13.0. The van der Waals surface area contributed by atoms with E-state index in [2.05, 4.69) is 11.1 Å². The standard InChI is InChI=1S/C23H17N3O/c1-15-16(2)26-21(17-9-5-3-6-10-17)13-20(25-23(26)19(15)14-24)22(27)18-11-7-4-8-12-18/h3-13H,1-2H3. The van der Waals surface area contributed by atoms with Crippen molar-refractivity contribution in [3.8, 4) is 17.3 Å². The van der Waals surface area contributed by atoms with Crippen molar-refractivity contribution in [2.45, 2.75) is 13.8 Å². The monoisotopic (exact) mass is 351 g/mol. The number of rotatable bonds is 3. The number of ketones is 1. The van der Waals surface area contributed by atoms with Crippen LogP contribution in [0.3, 0.4) is 0 Å². The van der Waals surface area contributed by atoms with E-state index in [0.29, 0.717) is 22.5 Å². The summed E-state index contributed by atoms with van der Waals surface area (Å²) in [6.07, 6.45) is 0. The average molecular weight is 351 g/mol. The third-order valence-electron chi connectivity index (χ3n) is 4.88. The molecule has 0 aliphatic carbocycles. The molecule has 0 aliphatic heterocycles. The van der Waals surface area contributed by atoms with Crippen LogP contribution in [-0.2, 0) is 0 Å². The van der Waals surface area contributed by atoms with E-state index in [1.807, 2.05) is 72.8 Å². The maximum absolute atomic E-state index is 13.0. The first-order valence-electron chi connectivity index (χ1n) is 8.69. The van der Waals surface area contributed by atoms with Gasteiger partial charge in [-0.2, -0.15) is 5.26 Å². The molecule has 0 bridgehead atoms. The molecule has 0 fully saturated rings. The first-order chi connectivity index (χ1) is 13.1. The zero-order valence-electron chi connectivity index (χ0n) is 15.1. The van der Waals surface area contributed by atoms with Gasteiger partial charge in [0, 0.05) is 11.3 Å². The SMILES string of the molecule is Cc1c(C#N)c2nc(C(=O)c3ccccc3)cc(-c3ccccc3)n2c1C. The van der Waals surface area contributed by atoms with E-state index in [1.54, 1.807) is 12.1 Å². The predicted octanol–water partition coefficient (Wildman–Crippen LogP) is 4.72. The van der Waals surface area contributed by atoms with Gasteiger partial charge in [0.2, 0.25) is 5.78 Å². The van der Waals surface area contributed by atoms with Crippen molar-refractivity contribution < 1.29 is 4.79 Å². The molecule has 0 saturated carbocycles. The fourth-order valence-corrected chi connectivity index (χ4v) is 3.34. The highest BCUT2D eigenvalue weighted by molar-refractivity contribution is 6.08.